The van der Waals surface area contributed by atoms with Gasteiger partial charge in [-0.25, -0.2) is 0 Å². The third-order valence-electron chi connectivity index (χ3n) is 3.10. The lowest BCUT2D eigenvalue weighted by Gasteiger charge is -2.09. The van der Waals surface area contributed by atoms with E-state index >= 15 is 0 Å². The van der Waals surface area contributed by atoms with Crippen molar-refractivity contribution in [3.63, 3.8) is 0 Å². The number of nitriles is 1. The molecule has 0 aliphatic rings. The molecule has 0 bridgehead atoms. The van der Waals surface area contributed by atoms with Gasteiger partial charge in [-0.3, -0.25) is 0 Å². The Hall–Kier alpha value is -1.80. The molecule has 21 heavy (non-hydrogen) atoms. The predicted molar refractivity (Wildman–Crippen MR) is 86.1 cm³/mol. The number of thioether (sulfide) groups is 1. The van der Waals surface area contributed by atoms with Crippen LogP contribution < -0.4 is 0 Å². The molecule has 1 heterocycles. The highest BCUT2D eigenvalue weighted by Crippen LogP contribution is 2.25. The SMILES string of the molecule is CCCn1c(SCCCC#N)nnc1-c1cccc(C)c1. The van der Waals surface area contributed by atoms with Crippen LogP contribution in [0.15, 0.2) is 29.4 Å². The Morgan fingerprint density at radius 1 is 1.33 bits per heavy atom. The van der Waals surface area contributed by atoms with E-state index in [0.717, 1.165) is 41.7 Å². The maximum Gasteiger partial charge on any atom is 0.191 e. The lowest BCUT2D eigenvalue weighted by atomic mass is 10.1. The minimum absolute atomic E-state index is 0.597. The summed E-state index contributed by atoms with van der Waals surface area (Å²) in [6.45, 7) is 5.16. The molecule has 0 saturated carbocycles. The minimum atomic E-state index is 0.597. The molecular weight excluding hydrogens is 280 g/mol. The van der Waals surface area contributed by atoms with Crippen molar-refractivity contribution in [2.24, 2.45) is 0 Å². The first-order chi connectivity index (χ1) is 10.3. The van der Waals surface area contributed by atoms with Crippen LogP contribution in [0.3, 0.4) is 0 Å². The number of nitrogens with zero attached hydrogens (tertiary/aromatic N) is 4. The first-order valence-electron chi connectivity index (χ1n) is 7.26. The van der Waals surface area contributed by atoms with E-state index in [-0.39, 0.29) is 0 Å². The molecule has 0 N–H and O–H groups in total. The van der Waals surface area contributed by atoms with Crippen molar-refractivity contribution >= 4 is 11.8 Å². The Kier molecular flexibility index (Phi) is 5.82. The van der Waals surface area contributed by atoms with Crippen molar-refractivity contribution in [2.75, 3.05) is 5.75 Å². The molecule has 2 aromatic rings. The number of aryl methyl sites for hydroxylation is 1. The van der Waals surface area contributed by atoms with E-state index in [1.807, 2.05) is 0 Å². The molecule has 0 amide bonds. The van der Waals surface area contributed by atoms with Crippen LogP contribution in [-0.2, 0) is 6.54 Å². The van der Waals surface area contributed by atoms with Crippen LogP contribution in [0.1, 0.15) is 31.7 Å². The van der Waals surface area contributed by atoms with E-state index in [2.05, 4.69) is 58.9 Å². The molecule has 0 saturated heterocycles. The van der Waals surface area contributed by atoms with E-state index in [1.54, 1.807) is 11.8 Å². The van der Waals surface area contributed by atoms with Crippen LogP contribution in [0.5, 0.6) is 0 Å². The zero-order valence-corrected chi connectivity index (χ0v) is 13.4. The number of rotatable bonds is 7. The van der Waals surface area contributed by atoms with Gasteiger partial charge in [-0.2, -0.15) is 5.26 Å². The summed E-state index contributed by atoms with van der Waals surface area (Å²) in [5, 5.41) is 18.2. The Labute approximate surface area is 130 Å². The zero-order chi connectivity index (χ0) is 15.1. The van der Waals surface area contributed by atoms with Gasteiger partial charge < -0.3 is 4.57 Å². The van der Waals surface area contributed by atoms with Crippen molar-refractivity contribution in [1.82, 2.24) is 14.8 Å². The number of benzene rings is 1. The van der Waals surface area contributed by atoms with E-state index in [4.69, 9.17) is 5.26 Å². The summed E-state index contributed by atoms with van der Waals surface area (Å²) in [4.78, 5) is 0. The third kappa shape index (κ3) is 4.08. The summed E-state index contributed by atoms with van der Waals surface area (Å²) in [5.41, 5.74) is 2.33. The Morgan fingerprint density at radius 3 is 2.90 bits per heavy atom. The fraction of sp³-hybridized carbons (Fsp3) is 0.438. The van der Waals surface area contributed by atoms with Crippen LogP contribution in [0.4, 0.5) is 0 Å². The van der Waals surface area contributed by atoms with Crippen LogP contribution >= 0.6 is 11.8 Å². The van der Waals surface area contributed by atoms with Crippen LogP contribution in [-0.4, -0.2) is 20.5 Å². The second-order valence-corrected chi connectivity index (χ2v) is 6.00. The van der Waals surface area contributed by atoms with Crippen molar-refractivity contribution < 1.29 is 0 Å². The van der Waals surface area contributed by atoms with Gasteiger partial charge in [-0.1, -0.05) is 42.4 Å². The minimum Gasteiger partial charge on any atom is -0.302 e. The standard InChI is InChI=1S/C16H20N4S/c1-3-10-20-15(14-8-6-7-13(2)12-14)18-19-16(20)21-11-5-4-9-17/h6-8,12H,3-5,10-11H2,1-2H3. The molecule has 1 aromatic carbocycles. The van der Waals surface area contributed by atoms with E-state index < -0.39 is 0 Å². The smallest absolute Gasteiger partial charge is 0.191 e. The van der Waals surface area contributed by atoms with Crippen LogP contribution in [0, 0.1) is 18.3 Å². The maximum atomic E-state index is 8.59. The topological polar surface area (TPSA) is 54.5 Å². The molecule has 4 nitrogen and oxygen atoms in total. The van der Waals surface area contributed by atoms with Gasteiger partial charge in [0.1, 0.15) is 0 Å². The molecule has 0 unspecified atom stereocenters. The van der Waals surface area contributed by atoms with E-state index in [9.17, 15) is 0 Å². The van der Waals surface area contributed by atoms with E-state index in [0.29, 0.717) is 6.42 Å². The second kappa shape index (κ2) is 7.84. The molecule has 2 rings (SSSR count). The highest BCUT2D eigenvalue weighted by molar-refractivity contribution is 7.99. The van der Waals surface area contributed by atoms with Crippen LogP contribution in [0.2, 0.25) is 0 Å². The normalized spacial score (nSPS) is 10.5. The first kappa shape index (κ1) is 15.6. The quantitative estimate of drug-likeness (QED) is 0.571. The zero-order valence-electron chi connectivity index (χ0n) is 12.5. The summed E-state index contributed by atoms with van der Waals surface area (Å²) >= 11 is 1.68. The summed E-state index contributed by atoms with van der Waals surface area (Å²) in [7, 11) is 0. The lowest BCUT2D eigenvalue weighted by Crippen LogP contribution is -2.02. The van der Waals surface area contributed by atoms with Gasteiger partial charge in [-0.05, 0) is 25.8 Å². The molecular formula is C16H20N4S. The number of hydrogen-bond donors (Lipinski definition) is 0. The Morgan fingerprint density at radius 2 is 2.19 bits per heavy atom. The fourth-order valence-corrected chi connectivity index (χ4v) is 3.04. The number of hydrogen-bond acceptors (Lipinski definition) is 4. The fourth-order valence-electron chi connectivity index (χ4n) is 2.13. The Balaban J connectivity index is 2.22. The summed E-state index contributed by atoms with van der Waals surface area (Å²) in [6.07, 6.45) is 2.53. The third-order valence-corrected chi connectivity index (χ3v) is 4.16. The number of unbranched alkanes of at least 4 members (excludes halogenated alkanes) is 1. The average Bonchev–Trinajstić information content (AvgIpc) is 2.87. The largest absolute Gasteiger partial charge is 0.302 e. The lowest BCUT2D eigenvalue weighted by molar-refractivity contribution is 0.626. The highest BCUT2D eigenvalue weighted by atomic mass is 32.2. The molecule has 0 atom stereocenters. The molecule has 0 radical (unpaired) electrons. The van der Waals surface area contributed by atoms with Crippen molar-refractivity contribution in [3.8, 4) is 17.5 Å². The molecule has 0 fully saturated rings. The summed E-state index contributed by atoms with van der Waals surface area (Å²) in [6, 6.07) is 10.5. The first-order valence-corrected chi connectivity index (χ1v) is 8.24. The van der Waals surface area contributed by atoms with Gasteiger partial charge in [-0.15, -0.1) is 10.2 Å². The van der Waals surface area contributed by atoms with Gasteiger partial charge in [0.15, 0.2) is 11.0 Å². The summed E-state index contributed by atoms with van der Waals surface area (Å²) < 4.78 is 2.19. The molecule has 1 aromatic heterocycles. The second-order valence-electron chi connectivity index (χ2n) is 4.94. The van der Waals surface area contributed by atoms with Gasteiger partial charge in [0.2, 0.25) is 0 Å². The van der Waals surface area contributed by atoms with Gasteiger partial charge in [0.05, 0.1) is 6.07 Å². The molecule has 110 valence electrons. The maximum absolute atomic E-state index is 8.59. The molecule has 0 aliphatic carbocycles. The molecule has 5 heteroatoms. The van der Waals surface area contributed by atoms with E-state index in [1.165, 1.54) is 5.56 Å². The van der Waals surface area contributed by atoms with Crippen molar-refractivity contribution in [3.05, 3.63) is 29.8 Å². The average molecular weight is 300 g/mol. The molecule has 0 aliphatic heterocycles. The number of aromatic nitrogens is 3. The Bertz CT molecular complexity index is 627. The van der Waals surface area contributed by atoms with Gasteiger partial charge in [0.25, 0.3) is 0 Å². The predicted octanol–water partition coefficient (Wildman–Crippen LogP) is 4.06. The van der Waals surface area contributed by atoms with Crippen molar-refractivity contribution in [2.45, 2.75) is 44.8 Å². The summed E-state index contributed by atoms with van der Waals surface area (Å²) in [5.74, 6) is 1.84. The highest BCUT2D eigenvalue weighted by Gasteiger charge is 2.13. The van der Waals surface area contributed by atoms with Crippen LogP contribution in [0.25, 0.3) is 11.4 Å². The van der Waals surface area contributed by atoms with Crippen molar-refractivity contribution in [1.29, 1.82) is 5.26 Å². The monoisotopic (exact) mass is 300 g/mol. The van der Waals surface area contributed by atoms with Gasteiger partial charge >= 0.3 is 0 Å². The van der Waals surface area contributed by atoms with Gasteiger partial charge in [0, 0.05) is 24.3 Å². The molecule has 0 spiro atoms.